The number of aromatic nitrogens is 3. The number of aldehydes is 1. The van der Waals surface area contributed by atoms with E-state index in [1.807, 2.05) is 0 Å². The van der Waals surface area contributed by atoms with Crippen molar-refractivity contribution in [2.24, 2.45) is 0 Å². The van der Waals surface area contributed by atoms with Crippen LogP contribution in [-0.4, -0.2) is 20.7 Å². The zero-order valence-corrected chi connectivity index (χ0v) is 9.27. The van der Waals surface area contributed by atoms with E-state index in [0.29, 0.717) is 17.4 Å². The molecular weight excluding hydrogens is 221 g/mol. The predicted octanol–water partition coefficient (Wildman–Crippen LogP) is 2.34. The van der Waals surface area contributed by atoms with Gasteiger partial charge >= 0.3 is 0 Å². The van der Waals surface area contributed by atoms with E-state index in [9.17, 15) is 9.18 Å². The molecule has 0 unspecified atom stereocenters. The third-order valence-corrected chi connectivity index (χ3v) is 3.37. The summed E-state index contributed by atoms with van der Waals surface area (Å²) in [6, 6.07) is 0. The minimum absolute atomic E-state index is 0.319. The monoisotopic (exact) mass is 233 g/mol. The molecule has 3 rings (SSSR count). The lowest BCUT2D eigenvalue weighted by Crippen LogP contribution is -1.99. The minimum Gasteiger partial charge on any atom is -0.296 e. The molecule has 1 fully saturated rings. The summed E-state index contributed by atoms with van der Waals surface area (Å²) in [5.41, 5.74) is 1.22. The molecule has 1 saturated carbocycles. The van der Waals surface area contributed by atoms with Crippen LogP contribution in [-0.2, 0) is 0 Å². The summed E-state index contributed by atoms with van der Waals surface area (Å²) in [4.78, 5) is 19.4. The maximum atomic E-state index is 13.1. The highest BCUT2D eigenvalue weighted by Crippen LogP contribution is 2.34. The normalized spacial score (nSPS) is 16.8. The highest BCUT2D eigenvalue weighted by atomic mass is 19.1. The van der Waals surface area contributed by atoms with Gasteiger partial charge < -0.3 is 0 Å². The molecule has 0 spiro atoms. The Morgan fingerprint density at radius 2 is 2.18 bits per heavy atom. The van der Waals surface area contributed by atoms with Crippen LogP contribution in [0.5, 0.6) is 0 Å². The second-order valence-corrected chi connectivity index (χ2v) is 4.42. The number of rotatable bonds is 2. The fourth-order valence-corrected chi connectivity index (χ4v) is 2.56. The minimum atomic E-state index is -0.462. The van der Waals surface area contributed by atoms with Crippen LogP contribution in [0.3, 0.4) is 0 Å². The van der Waals surface area contributed by atoms with E-state index in [0.717, 1.165) is 31.0 Å². The molecule has 88 valence electrons. The highest BCUT2D eigenvalue weighted by molar-refractivity contribution is 5.76. The van der Waals surface area contributed by atoms with Crippen molar-refractivity contribution in [2.45, 2.75) is 31.6 Å². The first-order valence-electron chi connectivity index (χ1n) is 5.78. The van der Waals surface area contributed by atoms with Crippen LogP contribution in [0, 0.1) is 5.82 Å². The first-order valence-corrected chi connectivity index (χ1v) is 5.78. The molecule has 1 aliphatic rings. The van der Waals surface area contributed by atoms with E-state index in [1.165, 1.54) is 23.4 Å². The van der Waals surface area contributed by atoms with Crippen LogP contribution < -0.4 is 0 Å². The van der Waals surface area contributed by atoms with Crippen molar-refractivity contribution in [2.75, 3.05) is 0 Å². The summed E-state index contributed by atoms with van der Waals surface area (Å²) < 4.78 is 14.6. The van der Waals surface area contributed by atoms with Gasteiger partial charge in [0.25, 0.3) is 0 Å². The Balaban J connectivity index is 2.20. The predicted molar refractivity (Wildman–Crippen MR) is 59.5 cm³/mol. The number of hydrogen-bond donors (Lipinski definition) is 0. The van der Waals surface area contributed by atoms with Gasteiger partial charge in [-0.2, -0.15) is 0 Å². The third kappa shape index (κ3) is 1.62. The van der Waals surface area contributed by atoms with Gasteiger partial charge in [0.15, 0.2) is 12.1 Å². The largest absolute Gasteiger partial charge is 0.296 e. The zero-order valence-electron chi connectivity index (χ0n) is 9.27. The maximum absolute atomic E-state index is 13.1. The first-order chi connectivity index (χ1) is 8.29. The van der Waals surface area contributed by atoms with Crippen molar-refractivity contribution >= 4 is 12.1 Å². The van der Waals surface area contributed by atoms with Gasteiger partial charge in [0.2, 0.25) is 5.78 Å². The van der Waals surface area contributed by atoms with Gasteiger partial charge in [-0.25, -0.2) is 14.4 Å². The number of imidazole rings is 1. The van der Waals surface area contributed by atoms with E-state index in [1.54, 1.807) is 0 Å². The number of carbonyl (C=O) groups is 1. The Bertz CT molecular complexity index is 572. The smallest absolute Gasteiger partial charge is 0.234 e. The third-order valence-electron chi connectivity index (χ3n) is 3.37. The summed E-state index contributed by atoms with van der Waals surface area (Å²) in [7, 11) is 0. The first kappa shape index (κ1) is 10.4. The van der Waals surface area contributed by atoms with E-state index < -0.39 is 5.82 Å². The molecule has 2 aromatic rings. The number of fused-ring (bicyclic) bond motifs is 1. The molecule has 2 aromatic heterocycles. The maximum Gasteiger partial charge on any atom is 0.234 e. The summed E-state index contributed by atoms with van der Waals surface area (Å²) in [5.74, 6) is 0.256. The molecule has 4 nitrogen and oxygen atoms in total. The summed E-state index contributed by atoms with van der Waals surface area (Å²) >= 11 is 0. The number of hydrogen-bond acceptors (Lipinski definition) is 3. The van der Waals surface area contributed by atoms with E-state index in [-0.39, 0.29) is 0 Å². The Morgan fingerprint density at radius 3 is 2.88 bits per heavy atom. The Labute approximate surface area is 97.5 Å². The molecule has 0 N–H and O–H groups in total. The second kappa shape index (κ2) is 3.91. The molecule has 17 heavy (non-hydrogen) atoms. The Morgan fingerprint density at radius 1 is 1.41 bits per heavy atom. The zero-order chi connectivity index (χ0) is 11.8. The number of carbonyl (C=O) groups excluding carboxylic acids is 1. The van der Waals surface area contributed by atoms with Crippen LogP contribution in [0.1, 0.15) is 47.8 Å². The van der Waals surface area contributed by atoms with Crippen LogP contribution in [0.25, 0.3) is 5.78 Å². The van der Waals surface area contributed by atoms with Crippen molar-refractivity contribution in [3.05, 3.63) is 29.6 Å². The van der Waals surface area contributed by atoms with Crippen molar-refractivity contribution in [3.63, 3.8) is 0 Å². The van der Waals surface area contributed by atoms with Crippen molar-refractivity contribution in [1.29, 1.82) is 0 Å². The van der Waals surface area contributed by atoms with Gasteiger partial charge in [0, 0.05) is 5.92 Å². The van der Waals surface area contributed by atoms with Crippen LogP contribution in [0.2, 0.25) is 0 Å². The van der Waals surface area contributed by atoms with Crippen LogP contribution in [0.4, 0.5) is 4.39 Å². The second-order valence-electron chi connectivity index (χ2n) is 4.42. The van der Waals surface area contributed by atoms with Gasteiger partial charge in [-0.3, -0.25) is 9.20 Å². The lowest BCUT2D eigenvalue weighted by molar-refractivity contribution is 0.111. The summed E-state index contributed by atoms with van der Waals surface area (Å²) in [6.45, 7) is 0. The molecule has 0 aliphatic heterocycles. The molecule has 0 atom stereocenters. The van der Waals surface area contributed by atoms with E-state index in [4.69, 9.17) is 0 Å². The summed E-state index contributed by atoms with van der Waals surface area (Å²) in [5, 5.41) is 0. The lowest BCUT2D eigenvalue weighted by Gasteiger charge is -2.05. The van der Waals surface area contributed by atoms with Gasteiger partial charge in [0.1, 0.15) is 5.69 Å². The van der Waals surface area contributed by atoms with Crippen molar-refractivity contribution in [1.82, 2.24) is 14.4 Å². The SMILES string of the molecule is O=Cc1c(C2CCCC2)nc2ncc(F)cn12. The van der Waals surface area contributed by atoms with Gasteiger partial charge in [-0.1, -0.05) is 12.8 Å². The van der Waals surface area contributed by atoms with Gasteiger partial charge in [-0.05, 0) is 12.8 Å². The van der Waals surface area contributed by atoms with Crippen LogP contribution >= 0.6 is 0 Å². The molecule has 1 aliphatic carbocycles. The summed E-state index contributed by atoms with van der Waals surface area (Å²) in [6.07, 6.45) is 7.55. The average Bonchev–Trinajstić information content (AvgIpc) is 2.94. The topological polar surface area (TPSA) is 47.3 Å². The molecule has 0 amide bonds. The van der Waals surface area contributed by atoms with Crippen molar-refractivity contribution < 1.29 is 9.18 Å². The quantitative estimate of drug-likeness (QED) is 0.748. The molecule has 2 heterocycles. The molecule has 0 saturated heterocycles. The fourth-order valence-electron chi connectivity index (χ4n) is 2.56. The standard InChI is InChI=1S/C12H12FN3O/c13-9-5-14-12-15-11(8-3-1-2-4-8)10(7-17)16(12)6-9/h5-8H,1-4H2. The Hall–Kier alpha value is -1.78. The lowest BCUT2D eigenvalue weighted by atomic mass is 10.0. The molecular formula is C12H12FN3O. The fraction of sp³-hybridized carbons (Fsp3) is 0.417. The van der Waals surface area contributed by atoms with Crippen LogP contribution in [0.15, 0.2) is 12.4 Å². The Kier molecular flexibility index (Phi) is 2.39. The number of nitrogens with zero attached hydrogens (tertiary/aromatic N) is 3. The molecule has 0 bridgehead atoms. The molecule has 0 radical (unpaired) electrons. The van der Waals surface area contributed by atoms with Crippen molar-refractivity contribution in [3.8, 4) is 0 Å². The number of halogens is 1. The molecule has 0 aromatic carbocycles. The highest BCUT2D eigenvalue weighted by Gasteiger charge is 2.24. The van der Waals surface area contributed by atoms with Gasteiger partial charge in [-0.15, -0.1) is 0 Å². The van der Waals surface area contributed by atoms with E-state index in [2.05, 4.69) is 9.97 Å². The molecule has 5 heteroatoms. The average molecular weight is 233 g/mol. The van der Waals surface area contributed by atoms with Gasteiger partial charge in [0.05, 0.1) is 18.1 Å². The van der Waals surface area contributed by atoms with E-state index >= 15 is 0 Å².